The van der Waals surface area contributed by atoms with Gasteiger partial charge in [0.05, 0.1) is 12.7 Å². The minimum atomic E-state index is -0.871. The molecule has 9 heteroatoms. The normalized spacial score (nSPS) is 25.4. The number of carbonyl (C=O) groups is 4. The number of anilines is 1. The Labute approximate surface area is 179 Å². The second-order valence-corrected chi connectivity index (χ2v) is 9.46. The van der Waals surface area contributed by atoms with E-state index in [1.807, 2.05) is 0 Å². The maximum absolute atomic E-state index is 13.0. The van der Waals surface area contributed by atoms with E-state index in [4.69, 9.17) is 4.74 Å². The minimum Gasteiger partial charge on any atom is -0.465 e. The van der Waals surface area contributed by atoms with Gasteiger partial charge in [-0.2, -0.15) is 0 Å². The molecular formula is C21H27N3O5S. The number of nitrogens with zero attached hydrogens (tertiary/aromatic N) is 1. The van der Waals surface area contributed by atoms with E-state index in [1.54, 1.807) is 0 Å². The highest BCUT2D eigenvalue weighted by Gasteiger charge is 2.52. The van der Waals surface area contributed by atoms with Crippen LogP contribution in [0.5, 0.6) is 0 Å². The summed E-state index contributed by atoms with van der Waals surface area (Å²) in [5, 5.41) is 6.01. The molecule has 0 radical (unpaired) electrons. The van der Waals surface area contributed by atoms with E-state index in [2.05, 4.69) is 17.6 Å². The van der Waals surface area contributed by atoms with Crippen molar-refractivity contribution >= 4 is 40.2 Å². The Hall–Kier alpha value is -2.42. The van der Waals surface area contributed by atoms with Gasteiger partial charge in [0.2, 0.25) is 5.91 Å². The SMILES string of the molecule is CCC1CCC2(CC1)NC(=O)N(CC(=O)Nc1sc3c(c1C(=O)OC)CCC3)C2=O. The second kappa shape index (κ2) is 8.02. The number of urea groups is 1. The number of hydrogen-bond donors (Lipinski definition) is 2. The van der Waals surface area contributed by atoms with Gasteiger partial charge in [0.1, 0.15) is 17.1 Å². The average molecular weight is 434 g/mol. The Morgan fingerprint density at radius 2 is 2.00 bits per heavy atom. The van der Waals surface area contributed by atoms with Crippen LogP contribution in [0.1, 0.15) is 66.2 Å². The third-order valence-corrected chi connectivity index (χ3v) is 7.85. The van der Waals surface area contributed by atoms with Crippen molar-refractivity contribution < 1.29 is 23.9 Å². The maximum Gasteiger partial charge on any atom is 0.341 e. The molecule has 1 saturated carbocycles. The van der Waals surface area contributed by atoms with Crippen molar-refractivity contribution in [3.05, 3.63) is 16.0 Å². The molecule has 1 saturated heterocycles. The lowest BCUT2D eigenvalue weighted by Gasteiger charge is -2.34. The quantitative estimate of drug-likeness (QED) is 0.549. The van der Waals surface area contributed by atoms with Gasteiger partial charge < -0.3 is 15.4 Å². The van der Waals surface area contributed by atoms with Crippen LogP contribution in [0.15, 0.2) is 0 Å². The summed E-state index contributed by atoms with van der Waals surface area (Å²) >= 11 is 1.37. The van der Waals surface area contributed by atoms with E-state index >= 15 is 0 Å². The van der Waals surface area contributed by atoms with Gasteiger partial charge in [-0.3, -0.25) is 14.5 Å². The summed E-state index contributed by atoms with van der Waals surface area (Å²) in [6.45, 7) is 1.77. The number of methoxy groups -OCH3 is 1. The van der Waals surface area contributed by atoms with E-state index in [9.17, 15) is 19.2 Å². The molecule has 2 heterocycles. The molecule has 2 N–H and O–H groups in total. The van der Waals surface area contributed by atoms with E-state index in [0.717, 1.165) is 53.9 Å². The van der Waals surface area contributed by atoms with Crippen LogP contribution in [0.3, 0.4) is 0 Å². The zero-order chi connectivity index (χ0) is 21.5. The highest BCUT2D eigenvalue weighted by Crippen LogP contribution is 2.40. The molecule has 0 unspecified atom stereocenters. The lowest BCUT2D eigenvalue weighted by molar-refractivity contribution is -0.135. The fourth-order valence-electron chi connectivity index (χ4n) is 4.86. The molecule has 0 bridgehead atoms. The van der Waals surface area contributed by atoms with Crippen molar-refractivity contribution in [3.8, 4) is 0 Å². The highest BCUT2D eigenvalue weighted by molar-refractivity contribution is 7.17. The summed E-state index contributed by atoms with van der Waals surface area (Å²) in [6.07, 6.45) is 6.70. The summed E-state index contributed by atoms with van der Waals surface area (Å²) in [4.78, 5) is 52.5. The zero-order valence-electron chi connectivity index (χ0n) is 17.3. The van der Waals surface area contributed by atoms with E-state index < -0.39 is 23.4 Å². The minimum absolute atomic E-state index is 0.320. The van der Waals surface area contributed by atoms with Gasteiger partial charge in [0.15, 0.2) is 0 Å². The van der Waals surface area contributed by atoms with Crippen LogP contribution in [-0.4, -0.2) is 47.9 Å². The largest absolute Gasteiger partial charge is 0.465 e. The molecule has 1 spiro atoms. The van der Waals surface area contributed by atoms with Crippen LogP contribution in [0.25, 0.3) is 0 Å². The standard InChI is InChI=1S/C21H27N3O5S/c1-3-12-7-9-21(10-8-12)19(27)24(20(28)23-21)11-15(25)22-17-16(18(26)29-2)13-5-4-6-14(13)30-17/h12H,3-11H2,1-2H3,(H,22,25)(H,23,28). The third-order valence-electron chi connectivity index (χ3n) is 6.65. The molecule has 2 aliphatic carbocycles. The fourth-order valence-corrected chi connectivity index (χ4v) is 6.15. The Balaban J connectivity index is 1.46. The summed E-state index contributed by atoms with van der Waals surface area (Å²) in [5.41, 5.74) is 0.461. The van der Waals surface area contributed by atoms with Crippen LogP contribution in [0, 0.1) is 5.92 Å². The summed E-state index contributed by atoms with van der Waals surface area (Å²) in [5.74, 6) is -0.719. The number of rotatable bonds is 5. The second-order valence-electron chi connectivity index (χ2n) is 8.36. The lowest BCUT2D eigenvalue weighted by atomic mass is 9.75. The van der Waals surface area contributed by atoms with E-state index in [0.29, 0.717) is 29.3 Å². The number of amides is 4. The van der Waals surface area contributed by atoms with Crippen LogP contribution in [0.2, 0.25) is 0 Å². The van der Waals surface area contributed by atoms with Crippen molar-refractivity contribution in [2.24, 2.45) is 5.92 Å². The number of aryl methyl sites for hydroxylation is 1. The lowest BCUT2D eigenvalue weighted by Crippen LogP contribution is -2.49. The molecule has 1 aliphatic heterocycles. The number of fused-ring (bicyclic) bond motifs is 1. The first-order valence-corrected chi connectivity index (χ1v) is 11.4. The first-order valence-electron chi connectivity index (χ1n) is 10.6. The number of esters is 1. The number of imide groups is 1. The monoisotopic (exact) mass is 433 g/mol. The Morgan fingerprint density at radius 1 is 1.27 bits per heavy atom. The number of thiophene rings is 1. The molecule has 162 valence electrons. The maximum atomic E-state index is 13.0. The third kappa shape index (κ3) is 3.49. The highest BCUT2D eigenvalue weighted by atomic mass is 32.1. The Bertz CT molecular complexity index is 901. The zero-order valence-corrected chi connectivity index (χ0v) is 18.2. The van der Waals surface area contributed by atoms with Crippen LogP contribution < -0.4 is 10.6 Å². The number of hydrogen-bond acceptors (Lipinski definition) is 6. The van der Waals surface area contributed by atoms with Gasteiger partial charge in [-0.15, -0.1) is 11.3 Å². The fraction of sp³-hybridized carbons (Fsp3) is 0.619. The molecule has 2 fully saturated rings. The Kier molecular flexibility index (Phi) is 5.57. The first-order chi connectivity index (χ1) is 14.4. The van der Waals surface area contributed by atoms with Crippen LogP contribution in [-0.2, 0) is 27.2 Å². The Morgan fingerprint density at radius 3 is 2.67 bits per heavy atom. The molecule has 1 aromatic rings. The van der Waals surface area contributed by atoms with Crippen LogP contribution >= 0.6 is 11.3 Å². The van der Waals surface area contributed by atoms with Gasteiger partial charge >= 0.3 is 12.0 Å². The molecule has 4 amide bonds. The smallest absolute Gasteiger partial charge is 0.341 e. The molecule has 0 aromatic carbocycles. The van der Waals surface area contributed by atoms with Gasteiger partial charge in [-0.1, -0.05) is 13.3 Å². The predicted molar refractivity (Wildman–Crippen MR) is 112 cm³/mol. The van der Waals surface area contributed by atoms with Crippen molar-refractivity contribution in [2.45, 2.75) is 63.8 Å². The topological polar surface area (TPSA) is 105 Å². The first kappa shape index (κ1) is 20.8. The van der Waals surface area contributed by atoms with Crippen molar-refractivity contribution in [3.63, 3.8) is 0 Å². The molecule has 3 aliphatic rings. The molecule has 1 aromatic heterocycles. The summed E-state index contributed by atoms with van der Waals surface area (Å²) in [6, 6.07) is -0.521. The van der Waals surface area contributed by atoms with Crippen molar-refractivity contribution in [1.82, 2.24) is 10.2 Å². The molecular weight excluding hydrogens is 406 g/mol. The van der Waals surface area contributed by atoms with Crippen molar-refractivity contribution in [2.75, 3.05) is 19.0 Å². The number of nitrogens with one attached hydrogen (secondary N) is 2. The van der Waals surface area contributed by atoms with E-state index in [1.165, 1.54) is 18.4 Å². The van der Waals surface area contributed by atoms with Gasteiger partial charge in [-0.25, -0.2) is 9.59 Å². The molecule has 30 heavy (non-hydrogen) atoms. The predicted octanol–water partition coefficient (Wildman–Crippen LogP) is 2.85. The van der Waals surface area contributed by atoms with Gasteiger partial charge in [-0.05, 0) is 56.4 Å². The molecule has 4 rings (SSSR count). The van der Waals surface area contributed by atoms with E-state index in [-0.39, 0.29) is 12.5 Å². The van der Waals surface area contributed by atoms with Gasteiger partial charge in [0, 0.05) is 4.88 Å². The summed E-state index contributed by atoms with van der Waals surface area (Å²) in [7, 11) is 1.31. The average Bonchev–Trinajstić information content (AvgIpc) is 3.37. The molecule has 0 atom stereocenters. The van der Waals surface area contributed by atoms with Crippen LogP contribution in [0.4, 0.5) is 9.80 Å². The molecule has 8 nitrogen and oxygen atoms in total. The number of ether oxygens (including phenoxy) is 1. The summed E-state index contributed by atoms with van der Waals surface area (Å²) < 4.78 is 4.89. The van der Waals surface area contributed by atoms with Gasteiger partial charge in [0.25, 0.3) is 5.91 Å². The number of carbonyl (C=O) groups excluding carboxylic acids is 4. The van der Waals surface area contributed by atoms with Crippen molar-refractivity contribution in [1.29, 1.82) is 0 Å².